The molecule has 2 aromatic rings. The lowest BCUT2D eigenvalue weighted by Crippen LogP contribution is -2.28. The monoisotopic (exact) mass is 430 g/mol. The van der Waals surface area contributed by atoms with Crippen molar-refractivity contribution in [2.45, 2.75) is 25.7 Å². The van der Waals surface area contributed by atoms with E-state index in [1.165, 1.54) is 23.1 Å². The summed E-state index contributed by atoms with van der Waals surface area (Å²) < 4.78 is 1.80. The number of halogens is 1. The zero-order valence-corrected chi connectivity index (χ0v) is 17.6. The van der Waals surface area contributed by atoms with E-state index in [0.29, 0.717) is 30.2 Å². The molecule has 1 aromatic heterocycles. The number of carbonyl (C=O) groups excluding carboxylic acids is 2. The Morgan fingerprint density at radius 1 is 1.37 bits per heavy atom. The lowest BCUT2D eigenvalue weighted by atomic mass is 10.0. The van der Waals surface area contributed by atoms with Gasteiger partial charge in [0.1, 0.15) is 0 Å². The summed E-state index contributed by atoms with van der Waals surface area (Å²) in [5, 5.41) is 13.9. The molecule has 0 saturated heterocycles. The average molecular weight is 431 g/mol. The number of aryl methyl sites for hydroxylation is 1. The zero-order chi connectivity index (χ0) is 21.8. The second kappa shape index (κ2) is 9.13. The number of carbonyl (C=O) groups is 2. The molecule has 1 aliphatic rings. The molecule has 8 nitrogen and oxygen atoms in total. The van der Waals surface area contributed by atoms with Crippen molar-refractivity contribution in [3.63, 3.8) is 0 Å². The maximum Gasteiger partial charge on any atom is 0.271 e. The molecule has 1 atom stereocenters. The number of nitro benzene ring substituents is 1. The van der Waals surface area contributed by atoms with E-state index in [1.807, 2.05) is 14.0 Å². The Balaban J connectivity index is 1.79. The van der Waals surface area contributed by atoms with Crippen LogP contribution in [0.5, 0.6) is 0 Å². The maximum absolute atomic E-state index is 12.9. The standard InChI is InChI=1S/C21H23ClN4O4/c1-3-4-20(27)23-15-9-16(24(2)13-15)6-8-21(28)25-12-14(11-22)18-7-5-17(26(29)30)10-19(18)25/h5-10,13-14H,3-4,11-12H2,1-2H3,(H,23,27)/b8-6+. The van der Waals surface area contributed by atoms with Gasteiger partial charge in [0.2, 0.25) is 5.91 Å². The molecule has 158 valence electrons. The lowest BCUT2D eigenvalue weighted by molar-refractivity contribution is -0.384. The first-order chi connectivity index (χ1) is 14.3. The minimum atomic E-state index is -0.481. The van der Waals surface area contributed by atoms with Gasteiger partial charge < -0.3 is 14.8 Å². The summed E-state index contributed by atoms with van der Waals surface area (Å²) >= 11 is 6.04. The Morgan fingerprint density at radius 2 is 2.13 bits per heavy atom. The summed E-state index contributed by atoms with van der Waals surface area (Å²) in [4.78, 5) is 36.8. The van der Waals surface area contributed by atoms with Gasteiger partial charge in [-0.15, -0.1) is 11.6 Å². The van der Waals surface area contributed by atoms with E-state index in [-0.39, 0.29) is 23.4 Å². The van der Waals surface area contributed by atoms with Gasteiger partial charge in [0, 0.05) is 61.9 Å². The van der Waals surface area contributed by atoms with Crippen molar-refractivity contribution < 1.29 is 14.5 Å². The molecule has 9 heteroatoms. The highest BCUT2D eigenvalue weighted by Gasteiger charge is 2.32. The molecular formula is C21H23ClN4O4. The van der Waals surface area contributed by atoms with Crippen LogP contribution < -0.4 is 10.2 Å². The number of non-ortho nitro benzene ring substituents is 1. The summed E-state index contributed by atoms with van der Waals surface area (Å²) in [5.74, 6) is -0.105. The number of hydrogen-bond donors (Lipinski definition) is 1. The van der Waals surface area contributed by atoms with E-state index in [4.69, 9.17) is 11.6 Å². The van der Waals surface area contributed by atoms with Gasteiger partial charge in [-0.1, -0.05) is 6.92 Å². The van der Waals surface area contributed by atoms with Gasteiger partial charge in [0.25, 0.3) is 11.6 Å². The predicted molar refractivity (Wildman–Crippen MR) is 117 cm³/mol. The summed E-state index contributed by atoms with van der Waals surface area (Å²) in [7, 11) is 1.82. The van der Waals surface area contributed by atoms with Crippen LogP contribution in [0.25, 0.3) is 6.08 Å². The Bertz CT molecular complexity index is 1010. The third-order valence-electron chi connectivity index (χ3n) is 5.01. The van der Waals surface area contributed by atoms with Crippen LogP contribution >= 0.6 is 11.6 Å². The average Bonchev–Trinajstić information content (AvgIpc) is 3.25. The smallest absolute Gasteiger partial charge is 0.271 e. The normalized spacial score (nSPS) is 15.4. The third kappa shape index (κ3) is 4.54. The molecular weight excluding hydrogens is 408 g/mol. The molecule has 0 spiro atoms. The SMILES string of the molecule is CCCC(=O)Nc1cc(/C=C/C(=O)N2CC(CCl)c3ccc([N+](=O)[O-])cc32)n(C)c1. The van der Waals surface area contributed by atoms with Crippen molar-refractivity contribution in [2.75, 3.05) is 22.6 Å². The lowest BCUT2D eigenvalue weighted by Gasteiger charge is -2.15. The summed E-state index contributed by atoms with van der Waals surface area (Å²) in [6, 6.07) is 6.29. The second-order valence-electron chi connectivity index (χ2n) is 7.20. The number of hydrogen-bond acceptors (Lipinski definition) is 4. The van der Waals surface area contributed by atoms with Crippen LogP contribution in [0.2, 0.25) is 0 Å². The van der Waals surface area contributed by atoms with Gasteiger partial charge in [-0.05, 0) is 30.2 Å². The van der Waals surface area contributed by atoms with E-state index in [2.05, 4.69) is 5.32 Å². The van der Waals surface area contributed by atoms with Crippen LogP contribution in [0, 0.1) is 10.1 Å². The minimum absolute atomic E-state index is 0.0582. The van der Waals surface area contributed by atoms with E-state index >= 15 is 0 Å². The van der Waals surface area contributed by atoms with Crippen LogP contribution in [-0.2, 0) is 16.6 Å². The van der Waals surface area contributed by atoms with E-state index in [9.17, 15) is 19.7 Å². The number of nitro groups is 1. The zero-order valence-electron chi connectivity index (χ0n) is 16.8. The van der Waals surface area contributed by atoms with Gasteiger partial charge in [-0.3, -0.25) is 19.7 Å². The number of benzene rings is 1. The molecule has 1 aromatic carbocycles. The van der Waals surface area contributed by atoms with Crippen molar-refractivity contribution >= 4 is 46.6 Å². The molecule has 1 N–H and O–H groups in total. The number of alkyl halides is 1. The highest BCUT2D eigenvalue weighted by Crippen LogP contribution is 2.39. The topological polar surface area (TPSA) is 97.5 Å². The molecule has 1 aliphatic heterocycles. The number of nitrogens with one attached hydrogen (secondary N) is 1. The molecule has 0 fully saturated rings. The number of anilines is 2. The fraction of sp³-hybridized carbons (Fsp3) is 0.333. The summed E-state index contributed by atoms with van der Waals surface area (Å²) in [6.07, 6.45) is 6.06. The van der Waals surface area contributed by atoms with Crippen molar-refractivity contribution in [1.29, 1.82) is 0 Å². The quantitative estimate of drug-likeness (QED) is 0.310. The molecule has 0 bridgehead atoms. The van der Waals surface area contributed by atoms with Crippen molar-refractivity contribution in [3.8, 4) is 0 Å². The fourth-order valence-corrected chi connectivity index (χ4v) is 3.76. The Labute approximate surface area is 179 Å². The van der Waals surface area contributed by atoms with Gasteiger partial charge in [-0.2, -0.15) is 0 Å². The Morgan fingerprint density at radius 3 is 2.80 bits per heavy atom. The minimum Gasteiger partial charge on any atom is -0.349 e. The highest BCUT2D eigenvalue weighted by molar-refractivity contribution is 6.18. The number of fused-ring (bicyclic) bond motifs is 1. The van der Waals surface area contributed by atoms with E-state index < -0.39 is 4.92 Å². The van der Waals surface area contributed by atoms with Gasteiger partial charge in [-0.25, -0.2) is 0 Å². The van der Waals surface area contributed by atoms with E-state index in [1.54, 1.807) is 29.0 Å². The molecule has 1 unspecified atom stereocenters. The number of nitrogens with zero attached hydrogens (tertiary/aromatic N) is 3. The van der Waals surface area contributed by atoms with Crippen molar-refractivity contribution in [1.82, 2.24) is 4.57 Å². The first-order valence-corrected chi connectivity index (χ1v) is 10.2. The van der Waals surface area contributed by atoms with Gasteiger partial charge in [0.05, 0.1) is 16.3 Å². The first-order valence-electron chi connectivity index (χ1n) is 9.64. The number of rotatable bonds is 7. The molecule has 2 heterocycles. The fourth-order valence-electron chi connectivity index (χ4n) is 3.50. The van der Waals surface area contributed by atoms with Gasteiger partial charge in [0.15, 0.2) is 0 Å². The molecule has 3 rings (SSSR count). The predicted octanol–water partition coefficient (Wildman–Crippen LogP) is 4.05. The Kier molecular flexibility index (Phi) is 6.56. The maximum atomic E-state index is 12.9. The summed E-state index contributed by atoms with van der Waals surface area (Å²) in [5.41, 5.74) is 2.68. The molecule has 2 amide bonds. The van der Waals surface area contributed by atoms with Crippen molar-refractivity contribution in [3.05, 3.63) is 57.9 Å². The highest BCUT2D eigenvalue weighted by atomic mass is 35.5. The second-order valence-corrected chi connectivity index (χ2v) is 7.50. The van der Waals surface area contributed by atoms with Crippen LogP contribution in [0.3, 0.4) is 0 Å². The largest absolute Gasteiger partial charge is 0.349 e. The number of aromatic nitrogens is 1. The summed E-state index contributed by atoms with van der Waals surface area (Å²) in [6.45, 7) is 2.30. The molecule has 0 radical (unpaired) electrons. The van der Waals surface area contributed by atoms with Crippen LogP contribution in [0.4, 0.5) is 17.1 Å². The third-order valence-corrected chi connectivity index (χ3v) is 5.38. The van der Waals surface area contributed by atoms with Crippen LogP contribution in [0.15, 0.2) is 36.5 Å². The molecule has 0 aliphatic carbocycles. The van der Waals surface area contributed by atoms with Crippen LogP contribution in [-0.4, -0.2) is 33.7 Å². The van der Waals surface area contributed by atoms with Gasteiger partial charge >= 0.3 is 0 Å². The molecule has 0 saturated carbocycles. The first kappa shape index (κ1) is 21.6. The van der Waals surface area contributed by atoms with E-state index in [0.717, 1.165) is 17.7 Å². The van der Waals surface area contributed by atoms with Crippen LogP contribution in [0.1, 0.15) is 36.9 Å². The number of amides is 2. The Hall–Kier alpha value is -3.13. The van der Waals surface area contributed by atoms with Crippen molar-refractivity contribution in [2.24, 2.45) is 7.05 Å². The molecule has 30 heavy (non-hydrogen) atoms.